The van der Waals surface area contributed by atoms with Crippen molar-refractivity contribution in [3.05, 3.63) is 65.2 Å². The van der Waals surface area contributed by atoms with Crippen LogP contribution in [0.1, 0.15) is 12.5 Å². The predicted octanol–water partition coefficient (Wildman–Crippen LogP) is 3.04. The second kappa shape index (κ2) is 8.34. The molecule has 0 aromatic heterocycles. The number of nitrogens with one attached hydrogen (secondary N) is 1. The molecule has 2 rings (SSSR count). The number of ether oxygens (including phenoxy) is 1. The summed E-state index contributed by atoms with van der Waals surface area (Å²) in [6.07, 6.45) is 0.457. The summed E-state index contributed by atoms with van der Waals surface area (Å²) in [4.78, 5) is 23.7. The highest BCUT2D eigenvalue weighted by Gasteiger charge is 2.17. The van der Waals surface area contributed by atoms with Crippen LogP contribution in [0.25, 0.3) is 0 Å². The van der Waals surface area contributed by atoms with E-state index < -0.39 is 6.04 Å². The van der Waals surface area contributed by atoms with Gasteiger partial charge in [0.2, 0.25) is 0 Å². The highest BCUT2D eigenvalue weighted by molar-refractivity contribution is 6.30. The zero-order valence-electron chi connectivity index (χ0n) is 12.8. The Hall–Kier alpha value is -2.33. The van der Waals surface area contributed by atoms with Crippen molar-refractivity contribution in [1.82, 2.24) is 5.32 Å². The van der Waals surface area contributed by atoms with Gasteiger partial charge >= 0.3 is 0 Å². The van der Waals surface area contributed by atoms with Crippen LogP contribution in [0.4, 0.5) is 0 Å². The van der Waals surface area contributed by atoms with Crippen molar-refractivity contribution in [3.8, 4) is 5.75 Å². The molecule has 0 aliphatic heterocycles. The van der Waals surface area contributed by atoms with Gasteiger partial charge in [-0.15, -0.1) is 0 Å². The number of rotatable bonds is 7. The summed E-state index contributed by atoms with van der Waals surface area (Å²) in [5, 5.41) is 3.24. The van der Waals surface area contributed by atoms with Gasteiger partial charge in [0.1, 0.15) is 5.75 Å². The van der Waals surface area contributed by atoms with Gasteiger partial charge in [0.25, 0.3) is 5.91 Å². The summed E-state index contributed by atoms with van der Waals surface area (Å²) < 4.78 is 5.37. The van der Waals surface area contributed by atoms with E-state index >= 15 is 0 Å². The fourth-order valence-corrected chi connectivity index (χ4v) is 2.27. The lowest BCUT2D eigenvalue weighted by Crippen LogP contribution is -2.43. The molecule has 0 unspecified atom stereocenters. The molecule has 0 fully saturated rings. The Morgan fingerprint density at radius 1 is 1.13 bits per heavy atom. The van der Waals surface area contributed by atoms with Gasteiger partial charge in [0.05, 0.1) is 6.04 Å². The minimum atomic E-state index is -0.562. The standard InChI is InChI=1S/C18H18ClNO3/c1-13(21)17(10-14-6-3-2-4-7-14)20-18(22)12-23-16-9-5-8-15(19)11-16/h2-9,11,17H,10,12H2,1H3,(H,20,22)/t17-/m0/s1. The number of amides is 1. The normalized spacial score (nSPS) is 11.6. The van der Waals surface area contributed by atoms with Gasteiger partial charge in [-0.2, -0.15) is 0 Å². The summed E-state index contributed by atoms with van der Waals surface area (Å²) in [6.45, 7) is 1.30. The molecule has 1 N–H and O–H groups in total. The van der Waals surface area contributed by atoms with Crippen molar-refractivity contribution < 1.29 is 14.3 Å². The van der Waals surface area contributed by atoms with Crippen molar-refractivity contribution in [2.24, 2.45) is 0 Å². The third kappa shape index (κ3) is 5.75. The van der Waals surface area contributed by atoms with Crippen LogP contribution in [0.5, 0.6) is 5.75 Å². The largest absolute Gasteiger partial charge is 0.484 e. The third-order valence-corrected chi connectivity index (χ3v) is 3.51. The highest BCUT2D eigenvalue weighted by atomic mass is 35.5. The molecule has 0 bridgehead atoms. The number of carbonyl (C=O) groups is 2. The molecule has 1 amide bonds. The number of hydrogen-bond donors (Lipinski definition) is 1. The molecule has 4 nitrogen and oxygen atoms in total. The summed E-state index contributed by atoms with van der Waals surface area (Å²) >= 11 is 5.85. The van der Waals surface area contributed by atoms with E-state index in [-0.39, 0.29) is 18.3 Å². The first-order valence-corrected chi connectivity index (χ1v) is 7.64. The Bertz CT molecular complexity index is 673. The molecule has 2 aromatic carbocycles. The van der Waals surface area contributed by atoms with E-state index in [0.717, 1.165) is 5.56 Å². The van der Waals surface area contributed by atoms with Gasteiger partial charge in [0.15, 0.2) is 12.4 Å². The van der Waals surface area contributed by atoms with E-state index in [0.29, 0.717) is 17.2 Å². The SMILES string of the molecule is CC(=O)[C@H](Cc1ccccc1)NC(=O)COc1cccc(Cl)c1. The number of hydrogen-bond acceptors (Lipinski definition) is 3. The van der Waals surface area contributed by atoms with Gasteiger partial charge in [-0.3, -0.25) is 9.59 Å². The van der Waals surface area contributed by atoms with Crippen LogP contribution in [0.2, 0.25) is 5.02 Å². The summed E-state index contributed by atoms with van der Waals surface area (Å²) in [6, 6.07) is 15.8. The van der Waals surface area contributed by atoms with E-state index in [9.17, 15) is 9.59 Å². The molecule has 0 aliphatic carbocycles. The molecule has 5 heteroatoms. The molecule has 0 saturated carbocycles. The Morgan fingerprint density at radius 2 is 1.87 bits per heavy atom. The van der Waals surface area contributed by atoms with Crippen molar-refractivity contribution in [2.45, 2.75) is 19.4 Å². The van der Waals surface area contributed by atoms with Crippen molar-refractivity contribution >= 4 is 23.3 Å². The van der Waals surface area contributed by atoms with E-state index in [1.807, 2.05) is 30.3 Å². The predicted molar refractivity (Wildman–Crippen MR) is 89.7 cm³/mol. The Labute approximate surface area is 140 Å². The van der Waals surface area contributed by atoms with Crippen molar-refractivity contribution in [3.63, 3.8) is 0 Å². The lowest BCUT2D eigenvalue weighted by atomic mass is 10.0. The first-order valence-electron chi connectivity index (χ1n) is 7.26. The Balaban J connectivity index is 1.89. The van der Waals surface area contributed by atoms with Gasteiger partial charge < -0.3 is 10.1 Å². The topological polar surface area (TPSA) is 55.4 Å². The molecule has 0 radical (unpaired) electrons. The Morgan fingerprint density at radius 3 is 2.52 bits per heavy atom. The number of Topliss-reactive ketones (excluding diaryl/α,β-unsaturated/α-hetero) is 1. The number of ketones is 1. The fourth-order valence-electron chi connectivity index (χ4n) is 2.09. The first-order chi connectivity index (χ1) is 11.0. The zero-order valence-corrected chi connectivity index (χ0v) is 13.5. The maximum Gasteiger partial charge on any atom is 0.258 e. The molecule has 0 saturated heterocycles. The summed E-state index contributed by atoms with van der Waals surface area (Å²) in [5.74, 6) is 0.0705. The minimum Gasteiger partial charge on any atom is -0.484 e. The summed E-state index contributed by atoms with van der Waals surface area (Å²) in [5.41, 5.74) is 0.990. The lowest BCUT2D eigenvalue weighted by molar-refractivity contribution is -0.128. The third-order valence-electron chi connectivity index (χ3n) is 3.27. The molecule has 23 heavy (non-hydrogen) atoms. The molecule has 0 aliphatic rings. The molecule has 0 spiro atoms. The molecular formula is C18H18ClNO3. The molecular weight excluding hydrogens is 314 g/mol. The molecule has 2 aromatic rings. The van der Waals surface area contributed by atoms with Crippen LogP contribution < -0.4 is 10.1 Å². The van der Waals surface area contributed by atoms with Crippen LogP contribution >= 0.6 is 11.6 Å². The van der Waals surface area contributed by atoms with Gasteiger partial charge in [-0.25, -0.2) is 0 Å². The average molecular weight is 332 g/mol. The van der Waals surface area contributed by atoms with Crippen LogP contribution in [0.3, 0.4) is 0 Å². The first kappa shape index (κ1) is 17.0. The second-order valence-electron chi connectivity index (χ2n) is 5.17. The molecule has 1 atom stereocenters. The van der Waals surface area contributed by atoms with Crippen LogP contribution in [0, 0.1) is 0 Å². The van der Waals surface area contributed by atoms with Crippen molar-refractivity contribution in [1.29, 1.82) is 0 Å². The average Bonchev–Trinajstić information content (AvgIpc) is 2.53. The van der Waals surface area contributed by atoms with Gasteiger partial charge in [-0.1, -0.05) is 48.0 Å². The quantitative estimate of drug-likeness (QED) is 0.848. The smallest absolute Gasteiger partial charge is 0.258 e. The van der Waals surface area contributed by atoms with Gasteiger partial charge in [-0.05, 0) is 37.1 Å². The maximum absolute atomic E-state index is 12.0. The van der Waals surface area contributed by atoms with E-state index in [4.69, 9.17) is 16.3 Å². The molecule has 120 valence electrons. The monoisotopic (exact) mass is 331 g/mol. The Kier molecular flexibility index (Phi) is 6.18. The van der Waals surface area contributed by atoms with E-state index in [1.54, 1.807) is 24.3 Å². The van der Waals surface area contributed by atoms with Crippen LogP contribution in [0.15, 0.2) is 54.6 Å². The summed E-state index contributed by atoms with van der Waals surface area (Å²) in [7, 11) is 0. The minimum absolute atomic E-state index is 0.0926. The molecule has 0 heterocycles. The van der Waals surface area contributed by atoms with Crippen molar-refractivity contribution in [2.75, 3.05) is 6.61 Å². The number of halogens is 1. The maximum atomic E-state index is 12.0. The second-order valence-corrected chi connectivity index (χ2v) is 5.60. The van der Waals surface area contributed by atoms with Gasteiger partial charge in [0, 0.05) is 5.02 Å². The van der Waals surface area contributed by atoms with Crippen LogP contribution in [-0.4, -0.2) is 24.3 Å². The number of carbonyl (C=O) groups excluding carboxylic acids is 2. The van der Waals surface area contributed by atoms with E-state index in [1.165, 1.54) is 6.92 Å². The lowest BCUT2D eigenvalue weighted by Gasteiger charge is -2.16. The fraction of sp³-hybridized carbons (Fsp3) is 0.222. The van der Waals surface area contributed by atoms with Crippen LogP contribution in [-0.2, 0) is 16.0 Å². The van der Waals surface area contributed by atoms with E-state index in [2.05, 4.69) is 5.32 Å². The zero-order chi connectivity index (χ0) is 16.7. The highest BCUT2D eigenvalue weighted by Crippen LogP contribution is 2.16. The number of benzene rings is 2.